The Morgan fingerprint density at radius 1 is 0.444 bits per heavy atom. The third-order valence-electron chi connectivity index (χ3n) is 10.2. The summed E-state index contributed by atoms with van der Waals surface area (Å²) in [5, 5.41) is 0. The Morgan fingerprint density at radius 2 is 0.889 bits per heavy atom. The van der Waals surface area contributed by atoms with Crippen molar-refractivity contribution in [1.82, 2.24) is 19.9 Å². The highest BCUT2D eigenvalue weighted by molar-refractivity contribution is 6.98. The van der Waals surface area contributed by atoms with Crippen LogP contribution in [0.25, 0.3) is 33.6 Å². The second-order valence-electron chi connectivity index (χ2n) is 15.0. The Bertz CT molecular complexity index is 2310. The number of hydrogen-bond acceptors (Lipinski definition) is 6. The van der Waals surface area contributed by atoms with Crippen LogP contribution >= 0.6 is 0 Å². The van der Waals surface area contributed by atoms with Crippen molar-refractivity contribution in [3.8, 4) is 56.6 Å². The Hall–Kier alpha value is -6.08. The molecule has 0 amide bonds. The first-order valence-corrected chi connectivity index (χ1v) is 18.8. The van der Waals surface area contributed by atoms with Crippen LogP contribution in [0.1, 0.15) is 76.0 Å². The van der Waals surface area contributed by atoms with E-state index in [9.17, 15) is 0 Å². The van der Waals surface area contributed by atoms with Gasteiger partial charge in [0.1, 0.15) is 23.0 Å². The van der Waals surface area contributed by atoms with Gasteiger partial charge in [-0.05, 0) is 118 Å². The Morgan fingerprint density at radius 3 is 1.33 bits per heavy atom. The molecule has 0 N–H and O–H groups in total. The molecule has 0 atom stereocenters. The number of benzene rings is 4. The summed E-state index contributed by atoms with van der Waals surface area (Å²) < 4.78 is 13.1. The minimum absolute atomic E-state index is 0.202. The van der Waals surface area contributed by atoms with Crippen LogP contribution in [-0.2, 0) is 0 Å². The van der Waals surface area contributed by atoms with E-state index in [4.69, 9.17) is 19.4 Å². The van der Waals surface area contributed by atoms with E-state index < -0.39 is 0 Å². The molecule has 8 rings (SSSR count). The molecule has 0 bridgehead atoms. The van der Waals surface area contributed by atoms with Crippen LogP contribution < -0.4 is 26.1 Å². The largest absolute Gasteiger partial charge is 0.457 e. The number of rotatable bonds is 10. The van der Waals surface area contributed by atoms with Crippen LogP contribution in [0.5, 0.6) is 23.0 Å². The second kappa shape index (κ2) is 14.7. The van der Waals surface area contributed by atoms with E-state index in [0.29, 0.717) is 17.8 Å². The molecule has 266 valence electrons. The monoisotopic (exact) mass is 706 g/mol. The van der Waals surface area contributed by atoms with Crippen molar-refractivity contribution in [2.45, 2.75) is 59.3 Å². The Labute approximate surface area is 318 Å². The van der Waals surface area contributed by atoms with E-state index in [1.54, 1.807) is 0 Å². The van der Waals surface area contributed by atoms with Gasteiger partial charge in [0.05, 0.1) is 17.1 Å². The summed E-state index contributed by atoms with van der Waals surface area (Å²) in [6, 6.07) is 37.3. The molecule has 7 aromatic rings. The molecular formula is C47H43BN4O2. The SMILES string of the molecule is CC(C)c1cnc(B2c3cc(Oc4cccc(-c5cc(C(C)C)ccn5)c4)ccc3-c3ccc(Oc4cccc(-c5cc(C(C)C)ccn5)c4)cc32)nc1. The van der Waals surface area contributed by atoms with E-state index >= 15 is 0 Å². The number of pyridine rings is 2. The van der Waals surface area contributed by atoms with E-state index in [0.717, 1.165) is 78.9 Å². The molecule has 0 saturated heterocycles. The van der Waals surface area contributed by atoms with Crippen molar-refractivity contribution >= 4 is 23.4 Å². The van der Waals surface area contributed by atoms with Crippen molar-refractivity contribution in [3.63, 3.8) is 0 Å². The van der Waals surface area contributed by atoms with Crippen molar-refractivity contribution in [2.75, 3.05) is 0 Å². The number of fused-ring (bicyclic) bond motifs is 3. The van der Waals surface area contributed by atoms with Crippen molar-refractivity contribution < 1.29 is 9.47 Å². The molecule has 0 fully saturated rings. The zero-order valence-corrected chi connectivity index (χ0v) is 31.6. The van der Waals surface area contributed by atoms with Gasteiger partial charge in [-0.1, -0.05) is 88.9 Å². The molecule has 1 aliphatic rings. The second-order valence-corrected chi connectivity index (χ2v) is 15.0. The number of nitrogens with zero attached hydrogens (tertiary/aromatic N) is 4. The maximum atomic E-state index is 6.55. The molecule has 0 radical (unpaired) electrons. The van der Waals surface area contributed by atoms with Gasteiger partial charge in [-0.2, -0.15) is 0 Å². The molecule has 1 aliphatic heterocycles. The molecule has 6 nitrogen and oxygen atoms in total. The quantitative estimate of drug-likeness (QED) is 0.132. The van der Waals surface area contributed by atoms with Gasteiger partial charge in [0, 0.05) is 35.9 Å². The summed E-state index contributed by atoms with van der Waals surface area (Å²) in [4.78, 5) is 19.2. The highest BCUT2D eigenvalue weighted by atomic mass is 16.5. The fraction of sp³-hybridized carbons (Fsp3) is 0.191. The van der Waals surface area contributed by atoms with Crippen LogP contribution in [0.15, 0.2) is 134 Å². The lowest BCUT2D eigenvalue weighted by molar-refractivity contribution is 0.483. The summed E-state index contributed by atoms with van der Waals surface area (Å²) in [6.45, 7) is 12.9. The van der Waals surface area contributed by atoms with Gasteiger partial charge in [-0.15, -0.1) is 0 Å². The van der Waals surface area contributed by atoms with Gasteiger partial charge in [-0.3, -0.25) is 19.9 Å². The standard InChI is InChI=1S/C47H43BN4O2/c1-29(2)32-17-19-49-45(23-32)34-9-7-11-37(21-34)53-39-13-15-41-42-16-14-40(26-44(42)48(43(41)25-39)47-51-27-36(28-52-47)31(5)6)54-38-12-8-10-35(22-38)46-24-33(30(3)4)18-20-50-46/h7-31H,1-6H3. The average molecular weight is 707 g/mol. The lowest BCUT2D eigenvalue weighted by atomic mass is 9.42. The van der Waals surface area contributed by atoms with Gasteiger partial charge in [0.25, 0.3) is 6.71 Å². The van der Waals surface area contributed by atoms with Gasteiger partial charge >= 0.3 is 0 Å². The van der Waals surface area contributed by atoms with Gasteiger partial charge < -0.3 is 9.47 Å². The first-order chi connectivity index (χ1) is 26.2. The molecule has 4 aromatic carbocycles. The molecule has 0 unspecified atom stereocenters. The van der Waals surface area contributed by atoms with Crippen molar-refractivity contribution in [3.05, 3.63) is 151 Å². The summed E-state index contributed by atoms with van der Waals surface area (Å²) in [5.41, 5.74) is 12.7. The average Bonchev–Trinajstić information content (AvgIpc) is 3.51. The Balaban J connectivity index is 1.12. The first-order valence-electron chi connectivity index (χ1n) is 18.8. The Kier molecular flexibility index (Phi) is 9.55. The molecule has 0 spiro atoms. The summed E-state index contributed by atoms with van der Waals surface area (Å²) in [6.07, 6.45) is 7.66. The van der Waals surface area contributed by atoms with E-state index in [2.05, 4.69) is 124 Å². The van der Waals surface area contributed by atoms with Crippen molar-refractivity contribution in [2.24, 2.45) is 0 Å². The number of ether oxygens (including phenoxy) is 2. The third kappa shape index (κ3) is 7.14. The minimum atomic E-state index is -0.202. The van der Waals surface area contributed by atoms with Crippen LogP contribution in [-0.4, -0.2) is 26.6 Å². The molecule has 0 aliphatic carbocycles. The molecule has 54 heavy (non-hydrogen) atoms. The minimum Gasteiger partial charge on any atom is -0.457 e. The highest BCUT2D eigenvalue weighted by Crippen LogP contribution is 2.33. The number of hydrogen-bond donors (Lipinski definition) is 0. The maximum absolute atomic E-state index is 6.55. The van der Waals surface area contributed by atoms with Crippen LogP contribution in [0.4, 0.5) is 0 Å². The lowest BCUT2D eigenvalue weighted by Crippen LogP contribution is -2.51. The first kappa shape index (κ1) is 35.0. The zero-order chi connectivity index (χ0) is 37.3. The van der Waals surface area contributed by atoms with Gasteiger partial charge in [0.15, 0.2) is 0 Å². The summed E-state index contributed by atoms with van der Waals surface area (Å²) in [7, 11) is 0. The molecular weight excluding hydrogens is 663 g/mol. The fourth-order valence-corrected chi connectivity index (χ4v) is 7.06. The predicted molar refractivity (Wildman–Crippen MR) is 220 cm³/mol. The van der Waals surface area contributed by atoms with E-state index in [-0.39, 0.29) is 6.71 Å². The van der Waals surface area contributed by atoms with Gasteiger partial charge in [0.2, 0.25) is 0 Å². The summed E-state index contributed by atoms with van der Waals surface area (Å²) >= 11 is 0. The molecule has 3 aromatic heterocycles. The maximum Gasteiger partial charge on any atom is 0.291 e. The third-order valence-corrected chi connectivity index (χ3v) is 10.2. The number of aromatic nitrogens is 4. The van der Waals surface area contributed by atoms with Crippen LogP contribution in [0, 0.1) is 0 Å². The summed E-state index contributed by atoms with van der Waals surface area (Å²) in [5.74, 6) is 4.16. The fourth-order valence-electron chi connectivity index (χ4n) is 7.06. The van der Waals surface area contributed by atoms with Crippen LogP contribution in [0.3, 0.4) is 0 Å². The normalized spacial score (nSPS) is 12.0. The molecule has 7 heteroatoms. The van der Waals surface area contributed by atoms with Crippen LogP contribution in [0.2, 0.25) is 0 Å². The van der Waals surface area contributed by atoms with Gasteiger partial charge in [-0.25, -0.2) is 0 Å². The van der Waals surface area contributed by atoms with E-state index in [1.807, 2.05) is 61.2 Å². The zero-order valence-electron chi connectivity index (χ0n) is 31.6. The smallest absolute Gasteiger partial charge is 0.291 e. The highest BCUT2D eigenvalue weighted by Gasteiger charge is 2.37. The lowest BCUT2D eigenvalue weighted by Gasteiger charge is -2.14. The predicted octanol–water partition coefficient (Wildman–Crippen LogP) is 10.1. The van der Waals surface area contributed by atoms with E-state index in [1.165, 1.54) is 11.1 Å². The molecule has 0 saturated carbocycles. The molecule has 4 heterocycles. The topological polar surface area (TPSA) is 70.0 Å². The van der Waals surface area contributed by atoms with Crippen molar-refractivity contribution in [1.29, 1.82) is 0 Å².